The molecule has 0 radical (unpaired) electrons. The van der Waals surface area contributed by atoms with Crippen LogP contribution in [0.5, 0.6) is 0 Å². The zero-order valence-electron chi connectivity index (χ0n) is 10.3. The van der Waals surface area contributed by atoms with Gasteiger partial charge < -0.3 is 5.11 Å². The van der Waals surface area contributed by atoms with Crippen molar-refractivity contribution in [1.29, 1.82) is 0 Å². The number of sulfonamides is 1. The Morgan fingerprint density at radius 2 is 2.16 bits per heavy atom. The van der Waals surface area contributed by atoms with E-state index in [-0.39, 0.29) is 10.8 Å². The van der Waals surface area contributed by atoms with Crippen LogP contribution in [-0.4, -0.2) is 36.9 Å². The number of benzene rings is 1. The smallest absolute Gasteiger partial charge is 0.338 e. The lowest BCUT2D eigenvalue weighted by Crippen LogP contribution is -2.28. The van der Waals surface area contributed by atoms with Crippen LogP contribution in [0.4, 0.5) is 4.39 Å². The standard InChI is InChI=1S/C12H14FNO4S/c1-8-4-5-14(7-8)19(17,18)9-2-3-11(13)10(6-9)12(15)16/h2-3,6,8H,4-5,7H2,1H3,(H,15,16). The summed E-state index contributed by atoms with van der Waals surface area (Å²) in [4.78, 5) is 10.6. The maximum absolute atomic E-state index is 13.3. The van der Waals surface area contributed by atoms with Crippen molar-refractivity contribution in [3.8, 4) is 0 Å². The molecule has 1 fully saturated rings. The van der Waals surface area contributed by atoms with Gasteiger partial charge in [-0.3, -0.25) is 0 Å². The number of carboxylic acid groups (broad SMARTS) is 1. The molecule has 7 heteroatoms. The van der Waals surface area contributed by atoms with Crippen LogP contribution in [0.15, 0.2) is 23.1 Å². The Morgan fingerprint density at radius 1 is 1.47 bits per heavy atom. The van der Waals surface area contributed by atoms with Crippen LogP contribution in [0.3, 0.4) is 0 Å². The van der Waals surface area contributed by atoms with Crippen molar-refractivity contribution in [3.05, 3.63) is 29.6 Å². The molecule has 104 valence electrons. The highest BCUT2D eigenvalue weighted by atomic mass is 32.2. The highest BCUT2D eigenvalue weighted by Gasteiger charge is 2.31. The van der Waals surface area contributed by atoms with Crippen molar-refractivity contribution < 1.29 is 22.7 Å². The van der Waals surface area contributed by atoms with Crippen molar-refractivity contribution in [3.63, 3.8) is 0 Å². The summed E-state index contributed by atoms with van der Waals surface area (Å²) in [5, 5.41) is 8.81. The van der Waals surface area contributed by atoms with Crippen LogP contribution in [0.2, 0.25) is 0 Å². The molecule has 1 unspecified atom stereocenters. The average molecular weight is 287 g/mol. The molecule has 1 atom stereocenters. The van der Waals surface area contributed by atoms with Gasteiger partial charge in [-0.1, -0.05) is 6.92 Å². The minimum Gasteiger partial charge on any atom is -0.478 e. The number of nitrogens with zero attached hydrogens (tertiary/aromatic N) is 1. The highest BCUT2D eigenvalue weighted by Crippen LogP contribution is 2.25. The first-order chi connectivity index (χ1) is 8.82. The molecule has 1 aliphatic rings. The fraction of sp³-hybridized carbons (Fsp3) is 0.417. The van der Waals surface area contributed by atoms with Gasteiger partial charge in [-0.15, -0.1) is 0 Å². The maximum atomic E-state index is 13.3. The van der Waals surface area contributed by atoms with Crippen LogP contribution in [0, 0.1) is 11.7 Å². The molecule has 1 N–H and O–H groups in total. The largest absolute Gasteiger partial charge is 0.478 e. The van der Waals surface area contributed by atoms with Gasteiger partial charge in [0.2, 0.25) is 10.0 Å². The van der Waals surface area contributed by atoms with Gasteiger partial charge in [0.1, 0.15) is 5.82 Å². The molecule has 5 nitrogen and oxygen atoms in total. The molecule has 0 bridgehead atoms. The third kappa shape index (κ3) is 2.62. The molecule has 1 aliphatic heterocycles. The maximum Gasteiger partial charge on any atom is 0.338 e. The molecule has 1 saturated heterocycles. The minimum absolute atomic E-state index is 0.180. The lowest BCUT2D eigenvalue weighted by molar-refractivity contribution is 0.0691. The Morgan fingerprint density at radius 3 is 2.68 bits per heavy atom. The monoisotopic (exact) mass is 287 g/mol. The predicted molar refractivity (Wildman–Crippen MR) is 65.9 cm³/mol. The first-order valence-corrected chi connectivity index (χ1v) is 7.29. The lowest BCUT2D eigenvalue weighted by Gasteiger charge is -2.16. The topological polar surface area (TPSA) is 74.7 Å². The Balaban J connectivity index is 2.41. The molecule has 0 aromatic heterocycles. The highest BCUT2D eigenvalue weighted by molar-refractivity contribution is 7.89. The van der Waals surface area contributed by atoms with E-state index in [2.05, 4.69) is 0 Å². The second-order valence-corrected chi connectivity index (χ2v) is 6.64. The fourth-order valence-corrected chi connectivity index (χ4v) is 3.69. The summed E-state index contributed by atoms with van der Waals surface area (Å²) < 4.78 is 39.1. The van der Waals surface area contributed by atoms with E-state index in [1.165, 1.54) is 4.31 Å². The van der Waals surface area contributed by atoms with Crippen molar-refractivity contribution >= 4 is 16.0 Å². The van der Waals surface area contributed by atoms with Gasteiger partial charge in [0.25, 0.3) is 0 Å². The summed E-state index contributed by atoms with van der Waals surface area (Å²) in [6.45, 7) is 2.76. The number of carbonyl (C=O) groups is 1. The van der Waals surface area contributed by atoms with Gasteiger partial charge in [-0.05, 0) is 30.5 Å². The van der Waals surface area contributed by atoms with E-state index in [0.29, 0.717) is 13.1 Å². The van der Waals surface area contributed by atoms with Gasteiger partial charge in [-0.25, -0.2) is 17.6 Å². The number of hydrogen-bond acceptors (Lipinski definition) is 3. The van der Waals surface area contributed by atoms with Crippen molar-refractivity contribution in [1.82, 2.24) is 4.31 Å². The van der Waals surface area contributed by atoms with E-state index in [1.807, 2.05) is 6.92 Å². The second-order valence-electron chi connectivity index (χ2n) is 4.70. The van der Waals surface area contributed by atoms with Gasteiger partial charge in [-0.2, -0.15) is 4.31 Å². The summed E-state index contributed by atoms with van der Waals surface area (Å²) in [6, 6.07) is 2.84. The van der Waals surface area contributed by atoms with Gasteiger partial charge in [0, 0.05) is 13.1 Å². The molecular formula is C12H14FNO4S. The summed E-state index contributed by atoms with van der Waals surface area (Å²) >= 11 is 0. The summed E-state index contributed by atoms with van der Waals surface area (Å²) in [5.41, 5.74) is -0.631. The van der Waals surface area contributed by atoms with E-state index in [1.54, 1.807) is 0 Å². The molecule has 0 saturated carbocycles. The SMILES string of the molecule is CC1CCN(S(=O)(=O)c2ccc(F)c(C(=O)O)c2)C1. The summed E-state index contributed by atoms with van der Waals surface area (Å²) in [7, 11) is -3.74. The third-order valence-electron chi connectivity index (χ3n) is 3.19. The van der Waals surface area contributed by atoms with E-state index < -0.39 is 27.4 Å². The van der Waals surface area contributed by atoms with Crippen LogP contribution in [0.1, 0.15) is 23.7 Å². The van der Waals surface area contributed by atoms with Gasteiger partial charge in [0.05, 0.1) is 10.5 Å². The van der Waals surface area contributed by atoms with Crippen molar-refractivity contribution in [2.75, 3.05) is 13.1 Å². The predicted octanol–water partition coefficient (Wildman–Crippen LogP) is 1.55. The van der Waals surface area contributed by atoms with Gasteiger partial charge >= 0.3 is 5.97 Å². The number of aromatic carboxylic acids is 1. The van der Waals surface area contributed by atoms with E-state index in [9.17, 15) is 17.6 Å². The van der Waals surface area contributed by atoms with E-state index in [0.717, 1.165) is 24.6 Å². The van der Waals surface area contributed by atoms with Crippen LogP contribution < -0.4 is 0 Å². The Kier molecular flexibility index (Phi) is 3.60. The molecule has 0 spiro atoms. The molecule has 19 heavy (non-hydrogen) atoms. The van der Waals surface area contributed by atoms with Crippen LogP contribution in [0.25, 0.3) is 0 Å². The lowest BCUT2D eigenvalue weighted by atomic mass is 10.2. The van der Waals surface area contributed by atoms with Crippen LogP contribution in [-0.2, 0) is 10.0 Å². The van der Waals surface area contributed by atoms with E-state index in [4.69, 9.17) is 5.11 Å². The van der Waals surface area contributed by atoms with Crippen molar-refractivity contribution in [2.45, 2.75) is 18.2 Å². The normalized spacial score (nSPS) is 20.6. The zero-order valence-corrected chi connectivity index (χ0v) is 11.2. The first kappa shape index (κ1) is 14.0. The minimum atomic E-state index is -3.74. The van der Waals surface area contributed by atoms with E-state index >= 15 is 0 Å². The van der Waals surface area contributed by atoms with Crippen molar-refractivity contribution in [2.24, 2.45) is 5.92 Å². The second kappa shape index (κ2) is 4.90. The molecule has 1 heterocycles. The molecular weight excluding hydrogens is 273 g/mol. The Hall–Kier alpha value is -1.47. The third-order valence-corrected chi connectivity index (χ3v) is 5.05. The van der Waals surface area contributed by atoms with Gasteiger partial charge in [0.15, 0.2) is 0 Å². The quantitative estimate of drug-likeness (QED) is 0.915. The number of rotatable bonds is 3. The molecule has 0 amide bonds. The molecule has 1 aromatic rings. The molecule has 1 aromatic carbocycles. The molecule has 0 aliphatic carbocycles. The fourth-order valence-electron chi connectivity index (χ4n) is 2.09. The average Bonchev–Trinajstić information content (AvgIpc) is 2.76. The summed E-state index contributed by atoms with van der Waals surface area (Å²) in [6.07, 6.45) is 0.770. The van der Waals surface area contributed by atoms with Crippen LogP contribution >= 0.6 is 0 Å². The number of carboxylic acids is 1. The first-order valence-electron chi connectivity index (χ1n) is 5.85. The zero-order chi connectivity index (χ0) is 14.2. The Labute approximate surface area is 110 Å². The Bertz CT molecular complexity index is 614. The number of hydrogen-bond donors (Lipinski definition) is 1. The molecule has 2 rings (SSSR count). The summed E-state index contributed by atoms with van der Waals surface area (Å²) in [5.74, 6) is -2.15. The number of halogens is 1.